The highest BCUT2D eigenvalue weighted by atomic mass is 79.9. The fraction of sp³-hybridized carbons (Fsp3) is 0.100. The van der Waals surface area contributed by atoms with Crippen molar-refractivity contribution < 1.29 is 9.84 Å². The Morgan fingerprint density at radius 1 is 1.41 bits per heavy atom. The molecule has 1 aromatic heterocycles. The molecule has 88 valence electrons. The van der Waals surface area contributed by atoms with Gasteiger partial charge in [0.1, 0.15) is 12.7 Å². The second kappa shape index (κ2) is 4.96. The molecule has 0 unspecified atom stereocenters. The smallest absolute Gasteiger partial charge is 0.172 e. The third-order valence-electron chi connectivity index (χ3n) is 2.02. The summed E-state index contributed by atoms with van der Waals surface area (Å²) in [5.74, 6) is 0.443. The van der Waals surface area contributed by atoms with Crippen LogP contribution in [0.2, 0.25) is 0 Å². The van der Waals surface area contributed by atoms with Crippen molar-refractivity contribution in [3.8, 4) is 11.5 Å². The summed E-state index contributed by atoms with van der Waals surface area (Å²) >= 11 is 3.23. The number of rotatable bonds is 3. The second-order valence-electron chi connectivity index (χ2n) is 3.14. The number of benzene rings is 1. The predicted molar refractivity (Wildman–Crippen MR) is 65.4 cm³/mol. The zero-order valence-corrected chi connectivity index (χ0v) is 10.5. The number of phenols is 1. The van der Waals surface area contributed by atoms with Crippen LogP contribution in [0.15, 0.2) is 34.4 Å². The molecule has 0 aliphatic carbocycles. The van der Waals surface area contributed by atoms with E-state index in [0.717, 1.165) is 5.56 Å². The van der Waals surface area contributed by atoms with Gasteiger partial charge in [-0.2, -0.15) is 5.10 Å². The third-order valence-corrected chi connectivity index (χ3v) is 2.62. The quantitative estimate of drug-likeness (QED) is 0.874. The maximum atomic E-state index is 9.63. The highest BCUT2D eigenvalue weighted by molar-refractivity contribution is 9.10. The Kier molecular flexibility index (Phi) is 3.38. The van der Waals surface area contributed by atoms with Crippen molar-refractivity contribution in [3.63, 3.8) is 0 Å². The van der Waals surface area contributed by atoms with Gasteiger partial charge in [0.15, 0.2) is 11.5 Å². The molecule has 0 spiro atoms. The summed E-state index contributed by atoms with van der Waals surface area (Å²) < 4.78 is 7.04. The number of aromatic nitrogens is 3. The number of aromatic hydroxyl groups is 1. The zero-order valence-electron chi connectivity index (χ0n) is 8.91. The first-order valence-electron chi connectivity index (χ1n) is 4.66. The van der Waals surface area contributed by atoms with E-state index in [2.05, 4.69) is 31.2 Å². The lowest BCUT2D eigenvalue weighted by Gasteiger charge is -2.06. The maximum Gasteiger partial charge on any atom is 0.172 e. The van der Waals surface area contributed by atoms with Gasteiger partial charge < -0.3 is 9.84 Å². The molecule has 0 aliphatic rings. The van der Waals surface area contributed by atoms with Gasteiger partial charge in [0.05, 0.1) is 17.8 Å². The Hall–Kier alpha value is -1.89. The van der Waals surface area contributed by atoms with E-state index in [9.17, 15) is 5.11 Å². The molecule has 0 aliphatic heterocycles. The molecule has 0 amide bonds. The molecule has 2 aromatic rings. The summed E-state index contributed by atoms with van der Waals surface area (Å²) in [4.78, 5) is 0. The molecule has 0 saturated heterocycles. The minimum atomic E-state index is 0.0638. The van der Waals surface area contributed by atoms with Gasteiger partial charge in [0.2, 0.25) is 0 Å². The van der Waals surface area contributed by atoms with Gasteiger partial charge in [-0.25, -0.2) is 4.68 Å². The Morgan fingerprint density at radius 2 is 2.12 bits per heavy atom. The molecule has 0 bridgehead atoms. The van der Waals surface area contributed by atoms with E-state index in [1.165, 1.54) is 24.4 Å². The van der Waals surface area contributed by atoms with Gasteiger partial charge >= 0.3 is 0 Å². The average molecular weight is 297 g/mol. The summed E-state index contributed by atoms with van der Waals surface area (Å²) in [5.41, 5.74) is 0.778. The number of nitrogens with zero attached hydrogens (tertiary/aromatic N) is 4. The third kappa shape index (κ3) is 2.62. The highest BCUT2D eigenvalue weighted by Crippen LogP contribution is 2.34. The van der Waals surface area contributed by atoms with Crippen molar-refractivity contribution in [3.05, 3.63) is 34.8 Å². The van der Waals surface area contributed by atoms with Crippen LogP contribution in [0.5, 0.6) is 11.5 Å². The first-order valence-corrected chi connectivity index (χ1v) is 5.45. The van der Waals surface area contributed by atoms with Crippen molar-refractivity contribution in [2.45, 2.75) is 0 Å². The molecule has 0 radical (unpaired) electrons. The van der Waals surface area contributed by atoms with E-state index in [1.807, 2.05) is 0 Å². The lowest BCUT2D eigenvalue weighted by molar-refractivity contribution is 0.372. The molecule has 0 fully saturated rings. The molecule has 0 saturated carbocycles. The van der Waals surface area contributed by atoms with Crippen LogP contribution in [0, 0.1) is 0 Å². The van der Waals surface area contributed by atoms with Crippen molar-refractivity contribution in [1.29, 1.82) is 0 Å². The van der Waals surface area contributed by atoms with Crippen LogP contribution in [0.1, 0.15) is 5.56 Å². The van der Waals surface area contributed by atoms with Gasteiger partial charge in [0, 0.05) is 0 Å². The zero-order chi connectivity index (χ0) is 12.3. The van der Waals surface area contributed by atoms with Gasteiger partial charge in [-0.1, -0.05) is 0 Å². The number of hydrogen-bond donors (Lipinski definition) is 1. The van der Waals surface area contributed by atoms with Crippen LogP contribution in [0.3, 0.4) is 0 Å². The van der Waals surface area contributed by atoms with Gasteiger partial charge in [-0.3, -0.25) is 0 Å². The van der Waals surface area contributed by atoms with E-state index in [4.69, 9.17) is 4.74 Å². The van der Waals surface area contributed by atoms with E-state index >= 15 is 0 Å². The molecule has 0 atom stereocenters. The Labute approximate surface area is 106 Å². The lowest BCUT2D eigenvalue weighted by atomic mass is 10.2. The van der Waals surface area contributed by atoms with Crippen LogP contribution < -0.4 is 4.74 Å². The van der Waals surface area contributed by atoms with Crippen LogP contribution in [-0.4, -0.2) is 33.3 Å². The molecule has 6 nitrogen and oxygen atoms in total. The molecule has 1 aromatic carbocycles. The minimum absolute atomic E-state index is 0.0638. The summed E-state index contributed by atoms with van der Waals surface area (Å²) in [5, 5.41) is 21.0. The first kappa shape index (κ1) is 11.6. The molecule has 1 heterocycles. The standard InChI is InChI=1S/C10H9BrN4O2/c1-17-9-3-7(2-8(11)10(9)16)4-14-15-5-12-13-6-15/h2-6,16H,1H3/b14-4+. The summed E-state index contributed by atoms with van der Waals surface area (Å²) in [6.45, 7) is 0. The largest absolute Gasteiger partial charge is 0.503 e. The Morgan fingerprint density at radius 3 is 2.76 bits per heavy atom. The maximum absolute atomic E-state index is 9.63. The van der Waals surface area contributed by atoms with Gasteiger partial charge in [-0.05, 0) is 33.6 Å². The first-order chi connectivity index (χ1) is 8.20. The summed E-state index contributed by atoms with van der Waals surface area (Å²) in [7, 11) is 1.49. The second-order valence-corrected chi connectivity index (χ2v) is 3.99. The fourth-order valence-electron chi connectivity index (χ4n) is 1.21. The normalized spacial score (nSPS) is 10.9. The number of methoxy groups -OCH3 is 1. The van der Waals surface area contributed by atoms with E-state index in [1.54, 1.807) is 18.3 Å². The predicted octanol–water partition coefficient (Wildman–Crippen LogP) is 1.64. The minimum Gasteiger partial charge on any atom is -0.503 e. The van der Waals surface area contributed by atoms with Crippen LogP contribution >= 0.6 is 15.9 Å². The summed E-state index contributed by atoms with van der Waals surface area (Å²) in [6, 6.07) is 3.40. The van der Waals surface area contributed by atoms with Crippen LogP contribution in [-0.2, 0) is 0 Å². The van der Waals surface area contributed by atoms with Gasteiger partial charge in [-0.15, -0.1) is 10.2 Å². The summed E-state index contributed by atoms with van der Waals surface area (Å²) in [6.07, 6.45) is 4.56. The molecule has 7 heteroatoms. The molecule has 2 rings (SSSR count). The molecule has 1 N–H and O–H groups in total. The van der Waals surface area contributed by atoms with E-state index in [0.29, 0.717) is 10.2 Å². The van der Waals surface area contributed by atoms with Crippen molar-refractivity contribution in [2.75, 3.05) is 7.11 Å². The molecular weight excluding hydrogens is 288 g/mol. The highest BCUT2D eigenvalue weighted by Gasteiger charge is 2.07. The monoisotopic (exact) mass is 296 g/mol. The topological polar surface area (TPSA) is 72.5 Å². The fourth-order valence-corrected chi connectivity index (χ4v) is 1.67. The van der Waals surface area contributed by atoms with Crippen molar-refractivity contribution in [1.82, 2.24) is 14.9 Å². The SMILES string of the molecule is COc1cc(/C=N/n2cnnc2)cc(Br)c1O. The van der Waals surface area contributed by atoms with Crippen molar-refractivity contribution >= 4 is 22.1 Å². The number of hydrogen-bond acceptors (Lipinski definition) is 5. The number of phenolic OH excluding ortho intramolecular Hbond substituents is 1. The molecule has 17 heavy (non-hydrogen) atoms. The number of ether oxygens (including phenoxy) is 1. The Balaban J connectivity index is 2.30. The lowest BCUT2D eigenvalue weighted by Crippen LogP contribution is -1.90. The van der Waals surface area contributed by atoms with Crippen LogP contribution in [0.25, 0.3) is 0 Å². The Bertz CT molecular complexity index is 539. The van der Waals surface area contributed by atoms with E-state index in [-0.39, 0.29) is 5.75 Å². The molecular formula is C10H9BrN4O2. The number of halogens is 1. The van der Waals surface area contributed by atoms with Gasteiger partial charge in [0.25, 0.3) is 0 Å². The van der Waals surface area contributed by atoms with Crippen molar-refractivity contribution in [2.24, 2.45) is 5.10 Å². The average Bonchev–Trinajstić information content (AvgIpc) is 2.83. The van der Waals surface area contributed by atoms with Crippen LogP contribution in [0.4, 0.5) is 0 Å². The van der Waals surface area contributed by atoms with E-state index < -0.39 is 0 Å².